The average molecular weight is 304 g/mol. The summed E-state index contributed by atoms with van der Waals surface area (Å²) in [6, 6.07) is 2.58. The molecule has 0 aromatic carbocycles. The molecule has 0 atom stereocenters. The SMILES string of the molecule is Cn1nccc1COC(=O)c1cc(F)c(Cl)nc1Cl. The van der Waals surface area contributed by atoms with Gasteiger partial charge in [-0.15, -0.1) is 0 Å². The molecule has 0 aliphatic rings. The van der Waals surface area contributed by atoms with Crippen LogP contribution in [0.15, 0.2) is 18.3 Å². The van der Waals surface area contributed by atoms with Crippen LogP contribution in [0.4, 0.5) is 4.39 Å². The summed E-state index contributed by atoms with van der Waals surface area (Å²) in [5.74, 6) is -1.62. The van der Waals surface area contributed by atoms with Gasteiger partial charge in [0.1, 0.15) is 11.8 Å². The zero-order chi connectivity index (χ0) is 14.0. The van der Waals surface area contributed by atoms with Crippen LogP contribution in [0.25, 0.3) is 0 Å². The number of carbonyl (C=O) groups excluding carboxylic acids is 1. The van der Waals surface area contributed by atoms with Crippen LogP contribution in [0.5, 0.6) is 0 Å². The lowest BCUT2D eigenvalue weighted by atomic mass is 10.3. The molecule has 5 nitrogen and oxygen atoms in total. The van der Waals surface area contributed by atoms with Crippen molar-refractivity contribution < 1.29 is 13.9 Å². The minimum absolute atomic E-state index is 0.00406. The fourth-order valence-electron chi connectivity index (χ4n) is 1.35. The zero-order valence-electron chi connectivity index (χ0n) is 9.73. The quantitative estimate of drug-likeness (QED) is 0.646. The van der Waals surface area contributed by atoms with Crippen molar-refractivity contribution in [1.29, 1.82) is 0 Å². The van der Waals surface area contributed by atoms with Crippen molar-refractivity contribution in [1.82, 2.24) is 14.8 Å². The Balaban J connectivity index is 2.12. The van der Waals surface area contributed by atoms with Crippen LogP contribution in [-0.4, -0.2) is 20.7 Å². The highest BCUT2D eigenvalue weighted by atomic mass is 35.5. The van der Waals surface area contributed by atoms with Crippen molar-refractivity contribution in [3.05, 3.63) is 45.7 Å². The van der Waals surface area contributed by atoms with E-state index in [-0.39, 0.29) is 17.3 Å². The first-order chi connectivity index (χ1) is 8.99. The third-order valence-corrected chi connectivity index (χ3v) is 2.93. The Hall–Kier alpha value is -1.66. The maximum atomic E-state index is 13.2. The molecule has 0 saturated carbocycles. The van der Waals surface area contributed by atoms with Gasteiger partial charge in [0.05, 0.1) is 11.3 Å². The molecule has 0 spiro atoms. The molecule has 0 bridgehead atoms. The number of aromatic nitrogens is 3. The fraction of sp³-hybridized carbons (Fsp3) is 0.182. The van der Waals surface area contributed by atoms with Crippen molar-refractivity contribution in [3.8, 4) is 0 Å². The number of pyridine rings is 1. The molecular formula is C11H8Cl2FN3O2. The number of rotatable bonds is 3. The van der Waals surface area contributed by atoms with E-state index >= 15 is 0 Å². The molecule has 2 rings (SSSR count). The van der Waals surface area contributed by atoms with E-state index in [1.54, 1.807) is 24.0 Å². The van der Waals surface area contributed by atoms with Crippen LogP contribution < -0.4 is 0 Å². The molecule has 100 valence electrons. The maximum Gasteiger partial charge on any atom is 0.341 e. The standard InChI is InChI=1S/C11H8Cl2FN3O2/c1-17-6(2-3-15-17)5-19-11(18)7-4-8(14)10(13)16-9(7)12/h2-4H,5H2,1H3. The molecule has 0 aliphatic heterocycles. The molecule has 2 aromatic rings. The second-order valence-electron chi connectivity index (χ2n) is 3.62. The van der Waals surface area contributed by atoms with E-state index in [1.165, 1.54) is 0 Å². The lowest BCUT2D eigenvalue weighted by molar-refractivity contribution is 0.0462. The molecule has 0 fully saturated rings. The third kappa shape index (κ3) is 3.02. The summed E-state index contributed by atoms with van der Waals surface area (Å²) < 4.78 is 19.8. The molecule has 0 radical (unpaired) electrons. The van der Waals surface area contributed by atoms with Crippen LogP contribution >= 0.6 is 23.2 Å². The van der Waals surface area contributed by atoms with Gasteiger partial charge in [-0.05, 0) is 12.1 Å². The fourth-order valence-corrected chi connectivity index (χ4v) is 1.75. The highest BCUT2D eigenvalue weighted by molar-refractivity contribution is 6.34. The van der Waals surface area contributed by atoms with E-state index in [0.29, 0.717) is 5.69 Å². The van der Waals surface area contributed by atoms with Gasteiger partial charge >= 0.3 is 5.97 Å². The Bertz CT molecular complexity index is 630. The lowest BCUT2D eigenvalue weighted by Crippen LogP contribution is -2.09. The highest BCUT2D eigenvalue weighted by Gasteiger charge is 2.17. The van der Waals surface area contributed by atoms with Crippen molar-refractivity contribution in [2.24, 2.45) is 7.05 Å². The van der Waals surface area contributed by atoms with E-state index in [4.69, 9.17) is 27.9 Å². The monoisotopic (exact) mass is 303 g/mol. The smallest absolute Gasteiger partial charge is 0.341 e. The summed E-state index contributed by atoms with van der Waals surface area (Å²) in [5, 5.41) is 3.32. The largest absolute Gasteiger partial charge is 0.456 e. The summed E-state index contributed by atoms with van der Waals surface area (Å²) in [7, 11) is 1.71. The second kappa shape index (κ2) is 5.54. The molecule has 2 heterocycles. The summed E-state index contributed by atoms with van der Waals surface area (Å²) in [6.07, 6.45) is 1.57. The molecule has 0 saturated heterocycles. The number of hydrogen-bond acceptors (Lipinski definition) is 4. The van der Waals surface area contributed by atoms with E-state index < -0.39 is 16.9 Å². The first kappa shape index (κ1) is 13.8. The Labute approximate surface area is 117 Å². The number of nitrogens with zero attached hydrogens (tertiary/aromatic N) is 3. The number of hydrogen-bond donors (Lipinski definition) is 0. The van der Waals surface area contributed by atoms with Crippen LogP contribution in [-0.2, 0) is 18.4 Å². The summed E-state index contributed by atoms with van der Waals surface area (Å²) in [4.78, 5) is 15.2. The lowest BCUT2D eigenvalue weighted by Gasteiger charge is -2.06. The Morgan fingerprint density at radius 2 is 2.21 bits per heavy atom. The highest BCUT2D eigenvalue weighted by Crippen LogP contribution is 2.21. The van der Waals surface area contributed by atoms with Crippen LogP contribution in [0, 0.1) is 5.82 Å². The number of esters is 1. The second-order valence-corrected chi connectivity index (χ2v) is 4.34. The summed E-state index contributed by atoms with van der Waals surface area (Å²) in [5.41, 5.74) is 0.512. The number of aryl methyl sites for hydroxylation is 1. The predicted octanol–water partition coefficient (Wildman–Crippen LogP) is 2.62. The number of ether oxygens (including phenoxy) is 1. The summed E-state index contributed by atoms with van der Waals surface area (Å²) >= 11 is 11.1. The molecule has 0 amide bonds. The van der Waals surface area contributed by atoms with E-state index in [9.17, 15) is 9.18 Å². The molecule has 0 N–H and O–H groups in total. The number of halogens is 3. The van der Waals surface area contributed by atoms with Gasteiger partial charge in [-0.25, -0.2) is 14.2 Å². The van der Waals surface area contributed by atoms with Gasteiger partial charge in [-0.3, -0.25) is 4.68 Å². The third-order valence-electron chi connectivity index (χ3n) is 2.38. The molecule has 0 unspecified atom stereocenters. The van der Waals surface area contributed by atoms with Crippen LogP contribution in [0.1, 0.15) is 16.1 Å². The van der Waals surface area contributed by atoms with Gasteiger partial charge in [0.15, 0.2) is 11.0 Å². The van der Waals surface area contributed by atoms with Crippen molar-refractivity contribution in [2.75, 3.05) is 0 Å². The topological polar surface area (TPSA) is 57.0 Å². The molecular weight excluding hydrogens is 296 g/mol. The Kier molecular flexibility index (Phi) is 4.01. The molecule has 0 aliphatic carbocycles. The van der Waals surface area contributed by atoms with Crippen molar-refractivity contribution >= 4 is 29.2 Å². The van der Waals surface area contributed by atoms with Gasteiger partial charge in [-0.2, -0.15) is 5.10 Å². The molecule has 19 heavy (non-hydrogen) atoms. The summed E-state index contributed by atoms with van der Waals surface area (Å²) in [6.45, 7) is -0.00406. The van der Waals surface area contributed by atoms with E-state index in [1.807, 2.05) is 0 Å². The number of carbonyl (C=O) groups is 1. The molecule has 8 heteroatoms. The van der Waals surface area contributed by atoms with E-state index in [0.717, 1.165) is 6.07 Å². The van der Waals surface area contributed by atoms with Crippen molar-refractivity contribution in [2.45, 2.75) is 6.61 Å². The van der Waals surface area contributed by atoms with Gasteiger partial charge < -0.3 is 4.74 Å². The Morgan fingerprint density at radius 1 is 1.47 bits per heavy atom. The minimum Gasteiger partial charge on any atom is -0.456 e. The van der Waals surface area contributed by atoms with E-state index in [2.05, 4.69) is 10.1 Å². The maximum absolute atomic E-state index is 13.2. The van der Waals surface area contributed by atoms with Gasteiger partial charge in [0.2, 0.25) is 0 Å². The van der Waals surface area contributed by atoms with Crippen molar-refractivity contribution in [3.63, 3.8) is 0 Å². The molecule has 2 aromatic heterocycles. The van der Waals surface area contributed by atoms with Gasteiger partial charge in [0, 0.05) is 13.2 Å². The van der Waals surface area contributed by atoms with Crippen LogP contribution in [0.2, 0.25) is 10.3 Å². The Morgan fingerprint density at radius 3 is 2.84 bits per heavy atom. The first-order valence-corrected chi connectivity index (χ1v) is 5.90. The predicted molar refractivity (Wildman–Crippen MR) is 66.5 cm³/mol. The van der Waals surface area contributed by atoms with Gasteiger partial charge in [0.25, 0.3) is 0 Å². The average Bonchev–Trinajstić information content (AvgIpc) is 2.76. The zero-order valence-corrected chi connectivity index (χ0v) is 11.2. The van der Waals surface area contributed by atoms with Gasteiger partial charge in [-0.1, -0.05) is 23.2 Å². The van der Waals surface area contributed by atoms with Crippen LogP contribution in [0.3, 0.4) is 0 Å². The minimum atomic E-state index is -0.835. The normalized spacial score (nSPS) is 10.5. The first-order valence-electron chi connectivity index (χ1n) is 5.14.